The van der Waals surface area contributed by atoms with E-state index in [0.29, 0.717) is 0 Å². The molecule has 1 aromatic heterocycles. The Morgan fingerprint density at radius 3 is 2.71 bits per heavy atom. The van der Waals surface area contributed by atoms with E-state index in [0.717, 1.165) is 47.6 Å². The molecule has 1 saturated heterocycles. The Balaban J connectivity index is 1.56. The number of carbonyl (C=O) groups is 1. The lowest BCUT2D eigenvalue weighted by Crippen LogP contribution is -2.24. The van der Waals surface area contributed by atoms with E-state index in [-0.39, 0.29) is 11.8 Å². The molecular formula is C19H20N4O. The van der Waals surface area contributed by atoms with Crippen LogP contribution in [0.25, 0.3) is 22.4 Å². The van der Waals surface area contributed by atoms with Gasteiger partial charge in [0.25, 0.3) is 0 Å². The molecule has 1 fully saturated rings. The minimum absolute atomic E-state index is 0.0736. The van der Waals surface area contributed by atoms with Crippen molar-refractivity contribution in [3.8, 4) is 11.4 Å². The highest BCUT2D eigenvalue weighted by molar-refractivity contribution is 5.93. The molecule has 1 aliphatic rings. The molecule has 0 aliphatic carbocycles. The van der Waals surface area contributed by atoms with E-state index >= 15 is 0 Å². The molecule has 2 heterocycles. The van der Waals surface area contributed by atoms with E-state index in [4.69, 9.17) is 4.98 Å². The zero-order chi connectivity index (χ0) is 16.5. The molecule has 24 heavy (non-hydrogen) atoms. The molecule has 0 spiro atoms. The molecule has 3 aromatic rings. The van der Waals surface area contributed by atoms with E-state index in [1.54, 1.807) is 0 Å². The fourth-order valence-electron chi connectivity index (χ4n) is 3.23. The standard InChI is InChI=1S/C19H20N4O/c1-23-17-5-3-2-4-16(17)22-18(23)13-6-8-15(9-7-13)21-19(24)14-10-11-20-12-14/h2-9,14,20H,10-12H2,1H3,(H,21,24). The van der Waals surface area contributed by atoms with Crippen LogP contribution in [0.5, 0.6) is 0 Å². The molecule has 122 valence electrons. The Morgan fingerprint density at radius 2 is 2.00 bits per heavy atom. The lowest BCUT2D eigenvalue weighted by Gasteiger charge is -2.10. The van der Waals surface area contributed by atoms with Crippen LogP contribution < -0.4 is 10.6 Å². The summed E-state index contributed by atoms with van der Waals surface area (Å²) in [5, 5.41) is 6.21. The number of amides is 1. The zero-order valence-electron chi connectivity index (χ0n) is 13.6. The van der Waals surface area contributed by atoms with Crippen LogP contribution in [0.15, 0.2) is 48.5 Å². The molecule has 1 unspecified atom stereocenters. The van der Waals surface area contributed by atoms with E-state index in [2.05, 4.69) is 21.3 Å². The monoisotopic (exact) mass is 320 g/mol. The molecule has 0 bridgehead atoms. The predicted octanol–water partition coefficient (Wildman–Crippen LogP) is 2.79. The average molecular weight is 320 g/mol. The first kappa shape index (κ1) is 14.9. The third-order valence-corrected chi connectivity index (χ3v) is 4.63. The highest BCUT2D eigenvalue weighted by atomic mass is 16.1. The Kier molecular flexibility index (Phi) is 3.78. The van der Waals surface area contributed by atoms with Crippen molar-refractivity contribution < 1.29 is 4.79 Å². The van der Waals surface area contributed by atoms with E-state index in [1.165, 1.54) is 0 Å². The number of anilines is 1. The van der Waals surface area contributed by atoms with Crippen molar-refractivity contribution >= 4 is 22.6 Å². The largest absolute Gasteiger partial charge is 0.327 e. The van der Waals surface area contributed by atoms with Gasteiger partial charge in [0.1, 0.15) is 5.82 Å². The summed E-state index contributed by atoms with van der Waals surface area (Å²) in [6.45, 7) is 1.69. The van der Waals surface area contributed by atoms with E-state index < -0.39 is 0 Å². The van der Waals surface area contributed by atoms with Crippen molar-refractivity contribution in [3.05, 3.63) is 48.5 Å². The van der Waals surface area contributed by atoms with Crippen LogP contribution in [-0.2, 0) is 11.8 Å². The van der Waals surface area contributed by atoms with Crippen molar-refractivity contribution in [2.75, 3.05) is 18.4 Å². The quantitative estimate of drug-likeness (QED) is 0.780. The maximum absolute atomic E-state index is 12.2. The molecule has 5 nitrogen and oxygen atoms in total. The van der Waals surface area contributed by atoms with Gasteiger partial charge in [-0.3, -0.25) is 4.79 Å². The van der Waals surface area contributed by atoms with Gasteiger partial charge >= 0.3 is 0 Å². The number of aryl methyl sites for hydroxylation is 1. The van der Waals surface area contributed by atoms with Gasteiger partial charge in [-0.05, 0) is 49.4 Å². The molecule has 4 rings (SSSR count). The number of carbonyl (C=O) groups excluding carboxylic acids is 1. The molecule has 2 aromatic carbocycles. The number of nitrogens with one attached hydrogen (secondary N) is 2. The van der Waals surface area contributed by atoms with Gasteiger partial charge in [-0.2, -0.15) is 0 Å². The fraction of sp³-hybridized carbons (Fsp3) is 0.263. The molecule has 1 aliphatic heterocycles. The van der Waals surface area contributed by atoms with Gasteiger partial charge in [0.15, 0.2) is 0 Å². The van der Waals surface area contributed by atoms with Crippen LogP contribution in [0, 0.1) is 5.92 Å². The van der Waals surface area contributed by atoms with Gasteiger partial charge in [0.05, 0.1) is 17.0 Å². The summed E-state index contributed by atoms with van der Waals surface area (Å²) in [5.41, 5.74) is 3.96. The summed E-state index contributed by atoms with van der Waals surface area (Å²) >= 11 is 0. The van der Waals surface area contributed by atoms with E-state index in [1.807, 2.05) is 49.5 Å². The normalized spacial score (nSPS) is 17.3. The van der Waals surface area contributed by atoms with Crippen molar-refractivity contribution in [3.63, 3.8) is 0 Å². The Bertz CT molecular complexity index is 876. The van der Waals surface area contributed by atoms with Crippen LogP contribution in [-0.4, -0.2) is 28.5 Å². The molecule has 0 radical (unpaired) electrons. The highest BCUT2D eigenvalue weighted by Crippen LogP contribution is 2.25. The van der Waals surface area contributed by atoms with Gasteiger partial charge in [0, 0.05) is 24.8 Å². The second-order valence-corrected chi connectivity index (χ2v) is 6.24. The second kappa shape index (κ2) is 6.09. The van der Waals surface area contributed by atoms with Gasteiger partial charge in [-0.25, -0.2) is 4.98 Å². The number of hydrogen-bond donors (Lipinski definition) is 2. The molecule has 1 atom stereocenters. The fourth-order valence-corrected chi connectivity index (χ4v) is 3.23. The van der Waals surface area contributed by atoms with Crippen molar-refractivity contribution in [2.45, 2.75) is 6.42 Å². The topological polar surface area (TPSA) is 59.0 Å². The van der Waals surface area contributed by atoms with Crippen LogP contribution >= 0.6 is 0 Å². The minimum atomic E-state index is 0.0736. The summed E-state index contributed by atoms with van der Waals surface area (Å²) < 4.78 is 2.09. The molecule has 1 amide bonds. The predicted molar refractivity (Wildman–Crippen MR) is 95.8 cm³/mol. The lowest BCUT2D eigenvalue weighted by molar-refractivity contribution is -0.119. The minimum Gasteiger partial charge on any atom is -0.327 e. The number of hydrogen-bond acceptors (Lipinski definition) is 3. The first-order valence-electron chi connectivity index (χ1n) is 8.26. The van der Waals surface area contributed by atoms with Crippen LogP contribution in [0.4, 0.5) is 5.69 Å². The molecule has 0 saturated carbocycles. The van der Waals surface area contributed by atoms with E-state index in [9.17, 15) is 4.79 Å². The second-order valence-electron chi connectivity index (χ2n) is 6.24. The number of rotatable bonds is 3. The first-order valence-corrected chi connectivity index (χ1v) is 8.26. The summed E-state index contributed by atoms with van der Waals surface area (Å²) in [6.07, 6.45) is 0.907. The van der Waals surface area contributed by atoms with Crippen LogP contribution in [0.1, 0.15) is 6.42 Å². The van der Waals surface area contributed by atoms with Gasteiger partial charge in [0.2, 0.25) is 5.91 Å². The number of nitrogens with zero attached hydrogens (tertiary/aromatic N) is 2. The maximum Gasteiger partial charge on any atom is 0.228 e. The van der Waals surface area contributed by atoms with Gasteiger partial charge < -0.3 is 15.2 Å². The zero-order valence-corrected chi connectivity index (χ0v) is 13.6. The number of aromatic nitrogens is 2. The smallest absolute Gasteiger partial charge is 0.228 e. The van der Waals surface area contributed by atoms with Crippen molar-refractivity contribution in [1.29, 1.82) is 0 Å². The number of benzene rings is 2. The molecular weight excluding hydrogens is 300 g/mol. The summed E-state index contributed by atoms with van der Waals surface area (Å²) in [6, 6.07) is 16.0. The third kappa shape index (κ3) is 2.67. The summed E-state index contributed by atoms with van der Waals surface area (Å²) in [5.74, 6) is 1.09. The number of imidazole rings is 1. The van der Waals surface area contributed by atoms with Crippen molar-refractivity contribution in [1.82, 2.24) is 14.9 Å². The average Bonchev–Trinajstić information content (AvgIpc) is 3.25. The number of fused-ring (bicyclic) bond motifs is 1. The lowest BCUT2D eigenvalue weighted by atomic mass is 10.1. The third-order valence-electron chi connectivity index (χ3n) is 4.63. The van der Waals surface area contributed by atoms with Gasteiger partial charge in [-0.1, -0.05) is 12.1 Å². The summed E-state index contributed by atoms with van der Waals surface area (Å²) in [7, 11) is 2.02. The molecule has 5 heteroatoms. The highest BCUT2D eigenvalue weighted by Gasteiger charge is 2.22. The van der Waals surface area contributed by atoms with Crippen LogP contribution in [0.3, 0.4) is 0 Å². The van der Waals surface area contributed by atoms with Crippen molar-refractivity contribution in [2.24, 2.45) is 13.0 Å². The SMILES string of the molecule is Cn1c(-c2ccc(NC(=O)C3CCNC3)cc2)nc2ccccc21. The first-order chi connectivity index (χ1) is 11.7. The Morgan fingerprint density at radius 1 is 1.21 bits per heavy atom. The summed E-state index contributed by atoms with van der Waals surface area (Å²) in [4.78, 5) is 16.9. The molecule has 2 N–H and O–H groups in total. The number of para-hydroxylation sites is 2. The van der Waals surface area contributed by atoms with Gasteiger partial charge in [-0.15, -0.1) is 0 Å². The van der Waals surface area contributed by atoms with Crippen LogP contribution in [0.2, 0.25) is 0 Å². The maximum atomic E-state index is 12.2. The Hall–Kier alpha value is -2.66. The Labute approximate surface area is 140 Å².